The van der Waals surface area contributed by atoms with Crippen molar-refractivity contribution in [2.24, 2.45) is 0 Å². The molecule has 0 bridgehead atoms. The molecule has 0 unspecified atom stereocenters. The summed E-state index contributed by atoms with van der Waals surface area (Å²) >= 11 is 0. The highest BCUT2D eigenvalue weighted by Crippen LogP contribution is 2.14. The van der Waals surface area contributed by atoms with Gasteiger partial charge in [-0.3, -0.25) is 10.1 Å². The zero-order valence-electron chi connectivity index (χ0n) is 8.15. The third-order valence-corrected chi connectivity index (χ3v) is 1.83. The maximum atomic E-state index is 10.7. The molecular weight excluding hydrogens is 180 g/mol. The number of rotatable bonds is 3. The zero-order valence-corrected chi connectivity index (χ0v) is 8.15. The monoisotopic (exact) mass is 192 g/mol. The average molecular weight is 192 g/mol. The lowest BCUT2D eigenvalue weighted by Gasteiger charge is -1.99. The molecule has 1 rings (SSSR count). The van der Waals surface area contributed by atoms with Crippen LogP contribution >= 0.6 is 0 Å². The van der Waals surface area contributed by atoms with E-state index < -0.39 is 4.92 Å². The van der Waals surface area contributed by atoms with E-state index in [1.54, 1.807) is 19.2 Å². The first-order valence-electron chi connectivity index (χ1n) is 4.24. The lowest BCUT2D eigenvalue weighted by atomic mass is 10.1. The van der Waals surface area contributed by atoms with Gasteiger partial charge in [-0.25, -0.2) is 0 Å². The molecule has 0 aromatic heterocycles. The van der Waals surface area contributed by atoms with Gasteiger partial charge in [-0.2, -0.15) is 0 Å². The average Bonchev–Trinajstić information content (AvgIpc) is 2.15. The molecule has 0 heterocycles. The normalized spacial score (nSPS) is 11.1. The predicted octanol–water partition coefficient (Wildman–Crippen LogP) is 1.79. The first kappa shape index (κ1) is 10.2. The van der Waals surface area contributed by atoms with Crippen molar-refractivity contribution in [1.82, 2.24) is 5.32 Å². The van der Waals surface area contributed by atoms with Gasteiger partial charge in [0.15, 0.2) is 0 Å². The van der Waals surface area contributed by atoms with Crippen molar-refractivity contribution < 1.29 is 4.92 Å². The van der Waals surface area contributed by atoms with Gasteiger partial charge in [0, 0.05) is 7.05 Å². The highest BCUT2D eigenvalue weighted by Gasteiger charge is 2.12. The quantitative estimate of drug-likeness (QED) is 0.586. The van der Waals surface area contributed by atoms with Gasteiger partial charge in [-0.1, -0.05) is 17.7 Å². The van der Waals surface area contributed by atoms with Gasteiger partial charge in [0.2, 0.25) is 0 Å². The van der Waals surface area contributed by atoms with Gasteiger partial charge in [-0.15, -0.1) is 0 Å². The Kier molecular flexibility index (Phi) is 3.23. The summed E-state index contributed by atoms with van der Waals surface area (Å²) in [5.41, 5.74) is 1.77. The zero-order chi connectivity index (χ0) is 10.6. The van der Waals surface area contributed by atoms with Crippen LogP contribution in [-0.2, 0) is 0 Å². The van der Waals surface area contributed by atoms with Crippen molar-refractivity contribution in [1.29, 1.82) is 0 Å². The molecule has 1 aromatic rings. The van der Waals surface area contributed by atoms with Crippen LogP contribution in [0.2, 0.25) is 0 Å². The molecule has 0 aliphatic rings. The summed E-state index contributed by atoms with van der Waals surface area (Å²) in [6, 6.07) is 7.17. The molecule has 0 aliphatic carbocycles. The van der Waals surface area contributed by atoms with E-state index in [1.807, 2.05) is 19.1 Å². The van der Waals surface area contributed by atoms with Crippen LogP contribution in [0.3, 0.4) is 0 Å². The smallest absolute Gasteiger partial charge is 0.292 e. The predicted molar refractivity (Wildman–Crippen MR) is 55.2 cm³/mol. The number of benzene rings is 1. The van der Waals surface area contributed by atoms with E-state index in [4.69, 9.17) is 0 Å². The molecule has 4 heteroatoms. The lowest BCUT2D eigenvalue weighted by molar-refractivity contribution is -0.375. The summed E-state index contributed by atoms with van der Waals surface area (Å²) < 4.78 is 0. The minimum absolute atomic E-state index is 0.0764. The van der Waals surface area contributed by atoms with Gasteiger partial charge in [0.25, 0.3) is 5.70 Å². The maximum absolute atomic E-state index is 10.7. The van der Waals surface area contributed by atoms with Crippen LogP contribution in [0.4, 0.5) is 0 Å². The Morgan fingerprint density at radius 3 is 2.43 bits per heavy atom. The second kappa shape index (κ2) is 4.41. The summed E-state index contributed by atoms with van der Waals surface area (Å²) in [4.78, 5) is 10.3. The van der Waals surface area contributed by atoms with Gasteiger partial charge in [-0.05, 0) is 19.1 Å². The molecule has 14 heavy (non-hydrogen) atoms. The third kappa shape index (κ3) is 2.32. The molecular formula is C10H12N2O2. The minimum Gasteiger partial charge on any atom is -0.388 e. The summed E-state index contributed by atoms with van der Waals surface area (Å²) in [6.07, 6.45) is 1.38. The third-order valence-electron chi connectivity index (χ3n) is 1.83. The molecule has 0 spiro atoms. The van der Waals surface area contributed by atoms with Crippen molar-refractivity contribution in [2.75, 3.05) is 7.05 Å². The van der Waals surface area contributed by atoms with Crippen LogP contribution in [0, 0.1) is 17.0 Å². The van der Waals surface area contributed by atoms with Gasteiger partial charge in [0.05, 0.1) is 16.7 Å². The second-order valence-electron chi connectivity index (χ2n) is 2.94. The Hall–Kier alpha value is -1.84. The molecule has 0 fully saturated rings. The van der Waals surface area contributed by atoms with E-state index in [9.17, 15) is 10.1 Å². The van der Waals surface area contributed by atoms with Crippen molar-refractivity contribution in [2.45, 2.75) is 6.92 Å². The van der Waals surface area contributed by atoms with Crippen molar-refractivity contribution in [3.63, 3.8) is 0 Å². The molecule has 0 amide bonds. The number of hydrogen-bond acceptors (Lipinski definition) is 3. The Labute approximate surface area is 82.4 Å². The summed E-state index contributed by atoms with van der Waals surface area (Å²) in [5, 5.41) is 13.3. The van der Waals surface area contributed by atoms with E-state index >= 15 is 0 Å². The molecule has 0 radical (unpaired) electrons. The fourth-order valence-electron chi connectivity index (χ4n) is 1.10. The maximum Gasteiger partial charge on any atom is 0.292 e. The molecule has 1 aromatic carbocycles. The second-order valence-corrected chi connectivity index (χ2v) is 2.94. The standard InChI is InChI=1S/C10H12N2O2/c1-8-3-5-9(6-4-8)10(7-11-2)12(13)14/h3-7,11H,1-2H3/b10-7-. The first-order valence-corrected chi connectivity index (χ1v) is 4.24. The fraction of sp³-hybridized carbons (Fsp3) is 0.200. The van der Waals surface area contributed by atoms with Crippen LogP contribution < -0.4 is 5.32 Å². The highest BCUT2D eigenvalue weighted by molar-refractivity contribution is 5.58. The number of nitro groups is 1. The number of aryl methyl sites for hydroxylation is 1. The highest BCUT2D eigenvalue weighted by atomic mass is 16.6. The van der Waals surface area contributed by atoms with Gasteiger partial charge in [0.1, 0.15) is 0 Å². The molecule has 0 atom stereocenters. The molecule has 0 saturated heterocycles. The fourth-order valence-corrected chi connectivity index (χ4v) is 1.10. The first-order chi connectivity index (χ1) is 6.65. The largest absolute Gasteiger partial charge is 0.388 e. The van der Waals surface area contributed by atoms with E-state index in [0.29, 0.717) is 5.56 Å². The van der Waals surface area contributed by atoms with E-state index in [0.717, 1.165) is 5.56 Å². The molecule has 0 aliphatic heterocycles. The Bertz CT molecular complexity index is 355. The number of hydrogen-bond donors (Lipinski definition) is 1. The molecule has 4 nitrogen and oxygen atoms in total. The van der Waals surface area contributed by atoms with Gasteiger partial charge < -0.3 is 5.32 Å². The van der Waals surface area contributed by atoms with Crippen LogP contribution in [-0.4, -0.2) is 12.0 Å². The summed E-state index contributed by atoms with van der Waals surface area (Å²) in [7, 11) is 1.64. The minimum atomic E-state index is -0.402. The SMILES string of the molecule is CN/C=C(/c1ccc(C)cc1)[N+](=O)[O-]. The van der Waals surface area contributed by atoms with Crippen molar-refractivity contribution in [3.05, 3.63) is 51.7 Å². The topological polar surface area (TPSA) is 55.2 Å². The Morgan fingerprint density at radius 2 is 2.00 bits per heavy atom. The number of nitrogens with one attached hydrogen (secondary N) is 1. The Balaban J connectivity index is 3.06. The van der Waals surface area contributed by atoms with Gasteiger partial charge >= 0.3 is 0 Å². The Morgan fingerprint density at radius 1 is 1.43 bits per heavy atom. The van der Waals surface area contributed by atoms with E-state index in [-0.39, 0.29) is 5.70 Å². The van der Waals surface area contributed by atoms with Crippen molar-refractivity contribution >= 4 is 5.70 Å². The lowest BCUT2D eigenvalue weighted by Crippen LogP contribution is -2.03. The summed E-state index contributed by atoms with van der Waals surface area (Å²) in [6.45, 7) is 1.94. The van der Waals surface area contributed by atoms with Crippen LogP contribution in [0.5, 0.6) is 0 Å². The molecule has 1 N–H and O–H groups in total. The number of nitrogens with zero attached hydrogens (tertiary/aromatic N) is 1. The summed E-state index contributed by atoms with van der Waals surface area (Å²) in [5.74, 6) is 0. The molecule has 0 saturated carbocycles. The van der Waals surface area contributed by atoms with Crippen LogP contribution in [0.1, 0.15) is 11.1 Å². The van der Waals surface area contributed by atoms with Crippen LogP contribution in [0.15, 0.2) is 30.5 Å². The molecule has 74 valence electrons. The van der Waals surface area contributed by atoms with E-state index in [2.05, 4.69) is 5.32 Å². The van der Waals surface area contributed by atoms with Crippen LogP contribution in [0.25, 0.3) is 5.70 Å². The van der Waals surface area contributed by atoms with Crippen molar-refractivity contribution in [3.8, 4) is 0 Å². The van der Waals surface area contributed by atoms with E-state index in [1.165, 1.54) is 6.20 Å².